The number of hydrogen-bond acceptors (Lipinski definition) is 5. The Labute approximate surface area is 164 Å². The first-order valence-corrected chi connectivity index (χ1v) is 9.56. The lowest BCUT2D eigenvalue weighted by molar-refractivity contribution is -0.116. The molecule has 0 radical (unpaired) electrons. The van der Waals surface area contributed by atoms with Crippen molar-refractivity contribution in [2.24, 2.45) is 0 Å². The van der Waals surface area contributed by atoms with Gasteiger partial charge in [-0.05, 0) is 43.3 Å². The number of ether oxygens (including phenoxy) is 1. The van der Waals surface area contributed by atoms with E-state index in [0.29, 0.717) is 4.96 Å². The highest BCUT2D eigenvalue weighted by Gasteiger charge is 2.13. The first-order valence-electron chi connectivity index (χ1n) is 8.68. The summed E-state index contributed by atoms with van der Waals surface area (Å²) in [5.74, 6) is 0.432. The molecule has 1 N–H and O–H groups in total. The zero-order valence-corrected chi connectivity index (χ0v) is 15.9. The number of nitrogens with zero attached hydrogens (tertiary/aromatic N) is 3. The molecule has 28 heavy (non-hydrogen) atoms. The Kier molecular flexibility index (Phi) is 5.03. The highest BCUT2D eigenvalue weighted by molar-refractivity contribution is 7.15. The van der Waals surface area contributed by atoms with Gasteiger partial charge in [-0.2, -0.15) is 4.98 Å². The topological polar surface area (TPSA) is 68.5 Å². The van der Waals surface area contributed by atoms with Gasteiger partial charge in [-0.3, -0.25) is 10.1 Å². The van der Waals surface area contributed by atoms with Crippen LogP contribution in [0.4, 0.5) is 10.3 Å². The lowest BCUT2D eigenvalue weighted by atomic mass is 10.2. The Morgan fingerprint density at radius 3 is 2.68 bits per heavy atom. The molecule has 2 heterocycles. The van der Waals surface area contributed by atoms with E-state index >= 15 is 0 Å². The SMILES string of the molecule is Cc1ccc(OCCC(=O)Nc2nc3scc(-c4ccc(F)cc4)n3n2)cc1. The quantitative estimate of drug-likeness (QED) is 0.527. The van der Waals surface area contributed by atoms with Gasteiger partial charge in [0.25, 0.3) is 0 Å². The molecule has 0 atom stereocenters. The van der Waals surface area contributed by atoms with Crippen molar-refractivity contribution in [2.75, 3.05) is 11.9 Å². The number of nitrogens with one attached hydrogen (secondary N) is 1. The van der Waals surface area contributed by atoms with Crippen LogP contribution in [-0.2, 0) is 4.79 Å². The number of halogens is 1. The molecule has 4 aromatic rings. The summed E-state index contributed by atoms with van der Waals surface area (Å²) in [6.07, 6.45) is 0.186. The van der Waals surface area contributed by atoms with Crippen LogP contribution >= 0.6 is 11.3 Å². The van der Waals surface area contributed by atoms with E-state index in [9.17, 15) is 9.18 Å². The number of benzene rings is 2. The molecule has 6 nitrogen and oxygen atoms in total. The summed E-state index contributed by atoms with van der Waals surface area (Å²) < 4.78 is 20.3. The normalized spacial score (nSPS) is 10.9. The van der Waals surface area contributed by atoms with E-state index < -0.39 is 0 Å². The Morgan fingerprint density at radius 1 is 1.18 bits per heavy atom. The molecule has 2 aromatic carbocycles. The molecule has 0 bridgehead atoms. The van der Waals surface area contributed by atoms with E-state index in [1.807, 2.05) is 36.6 Å². The third-order valence-electron chi connectivity index (χ3n) is 4.09. The van der Waals surface area contributed by atoms with Crippen LogP contribution in [0.3, 0.4) is 0 Å². The number of carbonyl (C=O) groups is 1. The van der Waals surface area contributed by atoms with Crippen molar-refractivity contribution in [3.8, 4) is 17.0 Å². The van der Waals surface area contributed by atoms with Gasteiger partial charge in [0.2, 0.25) is 16.8 Å². The third kappa shape index (κ3) is 4.01. The van der Waals surface area contributed by atoms with Gasteiger partial charge in [-0.15, -0.1) is 16.4 Å². The van der Waals surface area contributed by atoms with Crippen molar-refractivity contribution >= 4 is 28.2 Å². The van der Waals surface area contributed by atoms with Crippen molar-refractivity contribution in [1.29, 1.82) is 0 Å². The summed E-state index contributed by atoms with van der Waals surface area (Å²) in [5.41, 5.74) is 2.76. The van der Waals surface area contributed by atoms with Crippen molar-refractivity contribution < 1.29 is 13.9 Å². The number of fused-ring (bicyclic) bond motifs is 1. The molecule has 1 amide bonds. The molecule has 0 spiro atoms. The molecule has 2 aromatic heterocycles. The van der Waals surface area contributed by atoms with Crippen LogP contribution in [0.1, 0.15) is 12.0 Å². The van der Waals surface area contributed by atoms with Crippen molar-refractivity contribution in [3.63, 3.8) is 0 Å². The highest BCUT2D eigenvalue weighted by Crippen LogP contribution is 2.26. The van der Waals surface area contributed by atoms with E-state index in [4.69, 9.17) is 4.74 Å². The summed E-state index contributed by atoms with van der Waals surface area (Å²) in [7, 11) is 0. The van der Waals surface area contributed by atoms with E-state index in [0.717, 1.165) is 22.6 Å². The average Bonchev–Trinajstić information content (AvgIpc) is 3.24. The van der Waals surface area contributed by atoms with Crippen LogP contribution in [0.25, 0.3) is 16.2 Å². The molecule has 8 heteroatoms. The minimum atomic E-state index is -0.297. The first-order chi connectivity index (χ1) is 13.6. The Bertz CT molecular complexity index is 1100. The first kappa shape index (κ1) is 18.1. The summed E-state index contributed by atoms with van der Waals surface area (Å²) in [4.78, 5) is 17.1. The molecule has 0 aliphatic rings. The second kappa shape index (κ2) is 7.77. The Balaban J connectivity index is 1.38. The molecule has 4 rings (SSSR count). The third-order valence-corrected chi connectivity index (χ3v) is 4.91. The van der Waals surface area contributed by atoms with E-state index in [-0.39, 0.29) is 30.7 Å². The highest BCUT2D eigenvalue weighted by atomic mass is 32.1. The Hall–Kier alpha value is -3.26. The second-order valence-corrected chi connectivity index (χ2v) is 7.05. The largest absolute Gasteiger partial charge is 0.493 e. The van der Waals surface area contributed by atoms with Gasteiger partial charge in [0.1, 0.15) is 11.6 Å². The number of hydrogen-bond donors (Lipinski definition) is 1. The van der Waals surface area contributed by atoms with Crippen LogP contribution in [-0.4, -0.2) is 27.1 Å². The maximum atomic E-state index is 13.1. The van der Waals surface area contributed by atoms with E-state index in [1.165, 1.54) is 23.5 Å². The van der Waals surface area contributed by atoms with Crippen molar-refractivity contribution in [1.82, 2.24) is 14.6 Å². The van der Waals surface area contributed by atoms with Gasteiger partial charge in [0.05, 0.1) is 18.7 Å². The van der Waals surface area contributed by atoms with Crippen molar-refractivity contribution in [3.05, 3.63) is 65.3 Å². The average molecular weight is 396 g/mol. The van der Waals surface area contributed by atoms with Crippen LogP contribution in [0.15, 0.2) is 53.9 Å². The number of amides is 1. The summed E-state index contributed by atoms with van der Waals surface area (Å²) in [5, 5.41) is 8.91. The van der Waals surface area contributed by atoms with Gasteiger partial charge < -0.3 is 4.74 Å². The number of anilines is 1. The van der Waals surface area contributed by atoms with Crippen LogP contribution < -0.4 is 10.1 Å². The fraction of sp³-hybridized carbons (Fsp3) is 0.150. The summed E-state index contributed by atoms with van der Waals surface area (Å²) in [6.45, 7) is 2.26. The molecule has 0 saturated carbocycles. The summed E-state index contributed by atoms with van der Waals surface area (Å²) >= 11 is 1.40. The molecule has 0 aliphatic heterocycles. The number of thiazole rings is 1. The molecule has 0 unspecified atom stereocenters. The monoisotopic (exact) mass is 396 g/mol. The molecule has 0 aliphatic carbocycles. The molecule has 0 saturated heterocycles. The zero-order chi connectivity index (χ0) is 19.5. The molecular formula is C20H17FN4O2S. The minimum Gasteiger partial charge on any atom is -0.493 e. The van der Waals surface area contributed by atoms with Gasteiger partial charge >= 0.3 is 0 Å². The van der Waals surface area contributed by atoms with Crippen molar-refractivity contribution in [2.45, 2.75) is 13.3 Å². The second-order valence-electron chi connectivity index (χ2n) is 6.22. The van der Waals surface area contributed by atoms with Gasteiger partial charge in [-0.25, -0.2) is 8.91 Å². The predicted octanol–water partition coefficient (Wildman–Crippen LogP) is 4.31. The maximum Gasteiger partial charge on any atom is 0.250 e. The minimum absolute atomic E-state index is 0.186. The molecule has 0 fully saturated rings. The molecular weight excluding hydrogens is 379 g/mol. The lowest BCUT2D eigenvalue weighted by Crippen LogP contribution is -2.16. The number of carbonyl (C=O) groups excluding carboxylic acids is 1. The van der Waals surface area contributed by atoms with Gasteiger partial charge in [-0.1, -0.05) is 17.7 Å². The van der Waals surface area contributed by atoms with E-state index in [1.54, 1.807) is 16.6 Å². The predicted molar refractivity (Wildman–Crippen MR) is 106 cm³/mol. The fourth-order valence-electron chi connectivity index (χ4n) is 2.64. The van der Waals surface area contributed by atoms with Crippen LogP contribution in [0, 0.1) is 12.7 Å². The number of aromatic nitrogens is 3. The zero-order valence-electron chi connectivity index (χ0n) is 15.1. The number of rotatable bonds is 6. The lowest BCUT2D eigenvalue weighted by Gasteiger charge is -2.06. The standard InChI is InChI=1S/C20H17FN4O2S/c1-13-2-8-16(9-3-13)27-11-10-18(26)22-19-23-20-25(24-19)17(12-28-20)14-4-6-15(21)7-5-14/h2-9,12H,10-11H2,1H3,(H,22,24,26). The summed E-state index contributed by atoms with van der Waals surface area (Å²) in [6, 6.07) is 13.8. The Morgan fingerprint density at radius 2 is 1.93 bits per heavy atom. The van der Waals surface area contributed by atoms with E-state index in [2.05, 4.69) is 15.4 Å². The maximum absolute atomic E-state index is 13.1. The number of aryl methyl sites for hydroxylation is 1. The van der Waals surface area contributed by atoms with Gasteiger partial charge in [0, 0.05) is 10.9 Å². The smallest absolute Gasteiger partial charge is 0.250 e. The van der Waals surface area contributed by atoms with Gasteiger partial charge in [0.15, 0.2) is 0 Å². The molecule has 142 valence electrons. The van der Waals surface area contributed by atoms with Crippen LogP contribution in [0.5, 0.6) is 5.75 Å². The fourth-order valence-corrected chi connectivity index (χ4v) is 3.47. The van der Waals surface area contributed by atoms with Crippen LogP contribution in [0.2, 0.25) is 0 Å².